The summed E-state index contributed by atoms with van der Waals surface area (Å²) in [7, 11) is 0. The van der Waals surface area contributed by atoms with Gasteiger partial charge in [-0.15, -0.1) is 0 Å². The zero-order valence-electron chi connectivity index (χ0n) is 43.5. The summed E-state index contributed by atoms with van der Waals surface area (Å²) in [6.07, 6.45) is 28.3. The number of carbonyl (C=O) groups excluding carboxylic acids is 2. The minimum absolute atomic E-state index is 0.151. The topological polar surface area (TPSA) is 231 Å². The van der Waals surface area contributed by atoms with Crippen molar-refractivity contribution in [3.8, 4) is 0 Å². The average Bonchev–Trinajstić information content (AvgIpc) is 3.35. The van der Waals surface area contributed by atoms with E-state index < -0.39 is 99.3 Å². The summed E-state index contributed by atoms with van der Waals surface area (Å²) >= 11 is 0. The Morgan fingerprint density at radius 3 is 1.37 bits per heavy atom. The van der Waals surface area contributed by atoms with Gasteiger partial charge in [0, 0.05) is 12.5 Å². The number of aliphatic hydroxyl groups is 7. The minimum Gasteiger partial charge on any atom is -0.458 e. The van der Waals surface area contributed by atoms with Gasteiger partial charge in [0.15, 0.2) is 18.7 Å². The molecule has 15 nitrogen and oxygen atoms in total. The van der Waals surface area contributed by atoms with Crippen LogP contribution >= 0.6 is 0 Å². The number of hydrogen-bond donors (Lipinski definition) is 7. The van der Waals surface area contributed by atoms with Crippen LogP contribution in [-0.2, 0) is 38.0 Å². The number of esters is 2. The lowest BCUT2D eigenvalue weighted by molar-refractivity contribution is -0.332. The van der Waals surface area contributed by atoms with Crippen molar-refractivity contribution in [3.63, 3.8) is 0 Å². The van der Waals surface area contributed by atoms with E-state index in [1.165, 1.54) is 167 Å². The van der Waals surface area contributed by atoms with Crippen LogP contribution in [0.3, 0.4) is 0 Å². The molecule has 2 aliphatic heterocycles. The number of hydrogen-bond acceptors (Lipinski definition) is 15. The van der Waals surface area contributed by atoms with E-state index in [-0.39, 0.29) is 13.0 Å². The maximum atomic E-state index is 13.0. The first-order chi connectivity index (χ1) is 34.0. The van der Waals surface area contributed by atoms with E-state index in [0.717, 1.165) is 32.1 Å². The molecule has 70 heavy (non-hydrogen) atoms. The molecule has 4 unspecified atom stereocenters. The Hall–Kier alpha value is -2.02. The van der Waals surface area contributed by atoms with Crippen molar-refractivity contribution in [2.24, 2.45) is 0 Å². The Morgan fingerprint density at radius 1 is 0.486 bits per heavy atom. The molecule has 0 bridgehead atoms. The number of allylic oxidation sites excluding steroid dienone is 3. The molecule has 0 radical (unpaired) electrons. The molecule has 7 N–H and O–H groups in total. The Balaban J connectivity index is 1.79. The molecule has 2 rings (SSSR count). The van der Waals surface area contributed by atoms with Crippen molar-refractivity contribution < 1.29 is 73.8 Å². The molecule has 11 atom stereocenters. The molecule has 0 aliphatic carbocycles. The summed E-state index contributed by atoms with van der Waals surface area (Å²) in [6, 6.07) is 0. The predicted octanol–water partition coefficient (Wildman–Crippen LogP) is 8.72. The van der Waals surface area contributed by atoms with Gasteiger partial charge in [0.1, 0.15) is 55.4 Å². The molecule has 0 amide bonds. The molecule has 2 fully saturated rings. The lowest BCUT2D eigenvalue weighted by Gasteiger charge is -2.42. The first kappa shape index (κ1) is 64.1. The number of aliphatic hydroxyl groups excluding tert-OH is 7. The van der Waals surface area contributed by atoms with Crippen LogP contribution in [0.4, 0.5) is 0 Å². The summed E-state index contributed by atoms with van der Waals surface area (Å²) in [5.74, 6) is -1.17. The van der Waals surface area contributed by atoms with Gasteiger partial charge in [-0.2, -0.15) is 0 Å². The van der Waals surface area contributed by atoms with E-state index >= 15 is 0 Å². The number of ether oxygens (including phenoxy) is 6. The molecular formula is C55H100O15. The van der Waals surface area contributed by atoms with Gasteiger partial charge in [-0.3, -0.25) is 4.79 Å². The van der Waals surface area contributed by atoms with Gasteiger partial charge in [0.05, 0.1) is 19.8 Å². The van der Waals surface area contributed by atoms with Crippen molar-refractivity contribution in [1.82, 2.24) is 0 Å². The molecule has 2 saturated heterocycles. The highest BCUT2D eigenvalue weighted by molar-refractivity contribution is 5.82. The highest BCUT2D eigenvalue weighted by Crippen LogP contribution is 2.27. The Labute approximate surface area is 422 Å². The third-order valence-corrected chi connectivity index (χ3v) is 13.5. The van der Waals surface area contributed by atoms with Crippen molar-refractivity contribution in [1.29, 1.82) is 0 Å². The molecule has 2 heterocycles. The zero-order chi connectivity index (χ0) is 51.0. The van der Waals surface area contributed by atoms with E-state index in [9.17, 15) is 45.3 Å². The van der Waals surface area contributed by atoms with Crippen LogP contribution in [0, 0.1) is 0 Å². The van der Waals surface area contributed by atoms with Crippen molar-refractivity contribution in [3.05, 3.63) is 24.3 Å². The van der Waals surface area contributed by atoms with E-state index in [0.29, 0.717) is 6.42 Å². The van der Waals surface area contributed by atoms with Crippen LogP contribution in [0.1, 0.15) is 219 Å². The first-order valence-electron chi connectivity index (χ1n) is 28.0. The molecule has 410 valence electrons. The number of rotatable bonds is 44. The number of unbranched alkanes of at least 4 members (excludes halogenated alkanes) is 29. The van der Waals surface area contributed by atoms with E-state index in [4.69, 9.17) is 28.4 Å². The standard InChI is InChI=1S/C55H100O15/c1-3-5-7-9-11-13-15-17-19-20-21-22-24-26-28-30-32-34-36-38-47(58)68-43(40-65-46(57)37-35-33-31-29-27-25-23-18-16-14-12-10-8-6-4-2)41-66-54-53(64)51(62)49(60)45(70-54)42-67-55-52(63)50(61)48(59)44(39-56)69-55/h31,33,35,37,43-45,48-56,59-64H,3-30,32,34,36,38-42H2,1-2H3/b33-31+,37-35+/t43-,44+,45+,48-,49-,50?,51?,52?,53?,54+,55+/m1/s1. The summed E-state index contributed by atoms with van der Waals surface area (Å²) in [5, 5.41) is 72.1. The fourth-order valence-electron chi connectivity index (χ4n) is 8.96. The summed E-state index contributed by atoms with van der Waals surface area (Å²) < 4.78 is 33.5. The molecule has 2 aliphatic rings. The molecule has 0 saturated carbocycles. The highest BCUT2D eigenvalue weighted by Gasteiger charge is 2.47. The molecular weight excluding hydrogens is 901 g/mol. The molecule has 15 heteroatoms. The zero-order valence-corrected chi connectivity index (χ0v) is 43.5. The van der Waals surface area contributed by atoms with Gasteiger partial charge >= 0.3 is 11.9 Å². The summed E-state index contributed by atoms with van der Waals surface area (Å²) in [6.45, 7) is 2.51. The summed E-state index contributed by atoms with van der Waals surface area (Å²) in [5.41, 5.74) is 0. The van der Waals surface area contributed by atoms with Crippen LogP contribution in [0.25, 0.3) is 0 Å². The Bertz CT molecular complexity index is 1310. The second kappa shape index (κ2) is 42.3. The smallest absolute Gasteiger partial charge is 0.330 e. The Kier molecular flexibility index (Phi) is 38.8. The van der Waals surface area contributed by atoms with Crippen molar-refractivity contribution in [2.75, 3.05) is 26.4 Å². The molecule has 0 aromatic carbocycles. The number of carbonyl (C=O) groups is 2. The van der Waals surface area contributed by atoms with E-state index in [1.54, 1.807) is 12.2 Å². The van der Waals surface area contributed by atoms with Gasteiger partial charge < -0.3 is 64.2 Å². The molecule has 0 aromatic heterocycles. The fourth-order valence-corrected chi connectivity index (χ4v) is 8.96. The van der Waals surface area contributed by atoms with Gasteiger partial charge in [0.2, 0.25) is 0 Å². The van der Waals surface area contributed by atoms with Crippen molar-refractivity contribution in [2.45, 2.75) is 287 Å². The monoisotopic (exact) mass is 1000 g/mol. The van der Waals surface area contributed by atoms with E-state index in [1.807, 2.05) is 6.08 Å². The van der Waals surface area contributed by atoms with Gasteiger partial charge in [-0.1, -0.05) is 212 Å². The van der Waals surface area contributed by atoms with Crippen LogP contribution in [0.2, 0.25) is 0 Å². The molecule has 0 aromatic rings. The second-order valence-corrected chi connectivity index (χ2v) is 19.8. The van der Waals surface area contributed by atoms with Gasteiger partial charge in [-0.25, -0.2) is 4.79 Å². The predicted molar refractivity (Wildman–Crippen MR) is 271 cm³/mol. The Morgan fingerprint density at radius 2 is 0.900 bits per heavy atom. The third kappa shape index (κ3) is 29.6. The lowest BCUT2D eigenvalue weighted by Crippen LogP contribution is -2.61. The second-order valence-electron chi connectivity index (χ2n) is 19.8. The molecule has 0 spiro atoms. The van der Waals surface area contributed by atoms with Crippen LogP contribution in [0.5, 0.6) is 0 Å². The highest BCUT2D eigenvalue weighted by atomic mass is 16.7. The SMILES string of the molecule is CCCCCCCCCCCCC/C=C/C=C/C(=O)OC[C@H](CO[C@H]1O[C@@H](CO[C@H]2O[C@@H](CO)[C@@H](O)C(O)C2O)[C@@H](O)C(O)C1O)OC(=O)CCCCCCCCCCCCCCCCCCCCC. The third-order valence-electron chi connectivity index (χ3n) is 13.5. The van der Waals surface area contributed by atoms with Crippen LogP contribution in [-0.4, -0.2) is 142 Å². The fraction of sp³-hybridized carbons (Fsp3) is 0.891. The van der Waals surface area contributed by atoms with E-state index in [2.05, 4.69) is 13.8 Å². The maximum Gasteiger partial charge on any atom is 0.330 e. The summed E-state index contributed by atoms with van der Waals surface area (Å²) in [4.78, 5) is 25.7. The normalized spacial score (nSPS) is 25.5. The van der Waals surface area contributed by atoms with Crippen molar-refractivity contribution >= 4 is 11.9 Å². The largest absolute Gasteiger partial charge is 0.458 e. The minimum atomic E-state index is -1.77. The maximum absolute atomic E-state index is 13.0. The van der Waals surface area contributed by atoms with Crippen LogP contribution < -0.4 is 0 Å². The van der Waals surface area contributed by atoms with Gasteiger partial charge in [-0.05, 0) is 19.3 Å². The first-order valence-corrected chi connectivity index (χ1v) is 28.0. The van der Waals surface area contributed by atoms with Crippen LogP contribution in [0.15, 0.2) is 24.3 Å². The lowest BCUT2D eigenvalue weighted by atomic mass is 9.98. The average molecular weight is 1000 g/mol. The van der Waals surface area contributed by atoms with Gasteiger partial charge in [0.25, 0.3) is 0 Å². The quantitative estimate of drug-likeness (QED) is 0.0131.